The van der Waals surface area contributed by atoms with Gasteiger partial charge in [0.1, 0.15) is 5.75 Å². The molecule has 2 N–H and O–H groups in total. The molecule has 1 aliphatic rings. The van der Waals surface area contributed by atoms with Crippen LogP contribution in [0.5, 0.6) is 5.75 Å². The first kappa shape index (κ1) is 15.4. The van der Waals surface area contributed by atoms with Crippen molar-refractivity contribution in [1.82, 2.24) is 5.32 Å². The minimum Gasteiger partial charge on any atom is -0.494 e. The summed E-state index contributed by atoms with van der Waals surface area (Å²) in [6, 6.07) is 9.50. The van der Waals surface area contributed by atoms with Crippen molar-refractivity contribution in [2.24, 2.45) is 5.92 Å². The van der Waals surface area contributed by atoms with Crippen molar-refractivity contribution in [3.05, 3.63) is 30.3 Å². The number of carboxylic acids is 1. The normalized spacial score (nSPS) is 21.0. The van der Waals surface area contributed by atoms with Gasteiger partial charge in [0.05, 0.1) is 12.5 Å². The maximum absolute atomic E-state index is 11.8. The zero-order valence-corrected chi connectivity index (χ0v) is 12.0. The van der Waals surface area contributed by atoms with Crippen molar-refractivity contribution >= 4 is 11.9 Å². The molecular weight excluding hydrogens is 270 g/mol. The molecule has 0 radical (unpaired) electrons. The second kappa shape index (κ2) is 7.67. The number of carbonyl (C=O) groups excluding carboxylic acids is 1. The molecule has 1 fully saturated rings. The average molecular weight is 291 g/mol. The van der Waals surface area contributed by atoms with Gasteiger partial charge in [0, 0.05) is 12.5 Å². The average Bonchev–Trinajstić information content (AvgIpc) is 2.93. The molecule has 2 atom stereocenters. The maximum atomic E-state index is 11.8. The molecule has 0 aromatic heterocycles. The van der Waals surface area contributed by atoms with Gasteiger partial charge in [-0.05, 0) is 37.8 Å². The molecule has 0 unspecified atom stereocenters. The van der Waals surface area contributed by atoms with E-state index in [0.29, 0.717) is 32.3 Å². The van der Waals surface area contributed by atoms with Gasteiger partial charge in [-0.3, -0.25) is 9.59 Å². The lowest BCUT2D eigenvalue weighted by Crippen LogP contribution is -2.33. The molecule has 21 heavy (non-hydrogen) atoms. The van der Waals surface area contributed by atoms with E-state index in [2.05, 4.69) is 5.32 Å². The van der Waals surface area contributed by atoms with E-state index in [0.717, 1.165) is 12.2 Å². The van der Waals surface area contributed by atoms with Crippen LogP contribution in [-0.4, -0.2) is 29.6 Å². The first-order valence-corrected chi connectivity index (χ1v) is 7.35. The number of aliphatic carboxylic acids is 1. The van der Waals surface area contributed by atoms with Crippen molar-refractivity contribution in [1.29, 1.82) is 0 Å². The van der Waals surface area contributed by atoms with Crippen LogP contribution in [0.15, 0.2) is 30.3 Å². The summed E-state index contributed by atoms with van der Waals surface area (Å²) in [5.74, 6) is -0.291. The third-order valence-corrected chi connectivity index (χ3v) is 3.71. The summed E-state index contributed by atoms with van der Waals surface area (Å²) in [6.07, 6.45) is 3.00. The lowest BCUT2D eigenvalue weighted by molar-refractivity contribution is -0.141. The molecule has 0 bridgehead atoms. The number of amides is 1. The summed E-state index contributed by atoms with van der Waals surface area (Å²) in [5.41, 5.74) is 0. The molecule has 1 aromatic rings. The van der Waals surface area contributed by atoms with E-state index in [1.807, 2.05) is 30.3 Å². The van der Waals surface area contributed by atoms with E-state index in [-0.39, 0.29) is 17.9 Å². The SMILES string of the molecule is O=C(CCCOc1ccccc1)N[C@@H]1CC[C@H](C(=O)O)C1. The van der Waals surface area contributed by atoms with Crippen LogP contribution in [0.1, 0.15) is 32.1 Å². The minimum absolute atomic E-state index is 0.00800. The first-order chi connectivity index (χ1) is 10.1. The molecule has 5 nitrogen and oxygen atoms in total. The predicted octanol–water partition coefficient (Wildman–Crippen LogP) is 2.22. The summed E-state index contributed by atoms with van der Waals surface area (Å²) in [6.45, 7) is 0.500. The van der Waals surface area contributed by atoms with Crippen molar-refractivity contribution in [3.63, 3.8) is 0 Å². The first-order valence-electron chi connectivity index (χ1n) is 7.35. The fourth-order valence-electron chi connectivity index (χ4n) is 2.58. The highest BCUT2D eigenvalue weighted by molar-refractivity contribution is 5.76. The Morgan fingerprint density at radius 3 is 2.67 bits per heavy atom. The van der Waals surface area contributed by atoms with Crippen LogP contribution in [0.3, 0.4) is 0 Å². The predicted molar refractivity (Wildman–Crippen MR) is 78.1 cm³/mol. The highest BCUT2D eigenvalue weighted by Crippen LogP contribution is 2.25. The van der Waals surface area contributed by atoms with Crippen molar-refractivity contribution in [2.75, 3.05) is 6.61 Å². The Morgan fingerprint density at radius 1 is 1.24 bits per heavy atom. The summed E-state index contributed by atoms with van der Waals surface area (Å²) in [5, 5.41) is 11.8. The zero-order valence-electron chi connectivity index (χ0n) is 12.0. The van der Waals surface area contributed by atoms with Gasteiger partial charge in [0.2, 0.25) is 5.91 Å². The van der Waals surface area contributed by atoms with Gasteiger partial charge in [0.15, 0.2) is 0 Å². The summed E-state index contributed by atoms with van der Waals surface area (Å²) in [4.78, 5) is 22.6. The van der Waals surface area contributed by atoms with Gasteiger partial charge in [-0.15, -0.1) is 0 Å². The fraction of sp³-hybridized carbons (Fsp3) is 0.500. The number of hydrogen-bond donors (Lipinski definition) is 2. The molecule has 1 amide bonds. The second-order valence-corrected chi connectivity index (χ2v) is 5.38. The van der Waals surface area contributed by atoms with Crippen LogP contribution in [0.2, 0.25) is 0 Å². The van der Waals surface area contributed by atoms with Gasteiger partial charge in [-0.1, -0.05) is 18.2 Å². The van der Waals surface area contributed by atoms with E-state index >= 15 is 0 Å². The smallest absolute Gasteiger partial charge is 0.306 e. The molecule has 0 spiro atoms. The number of carboxylic acid groups (broad SMARTS) is 1. The lowest BCUT2D eigenvalue weighted by atomic mass is 10.1. The minimum atomic E-state index is -0.761. The standard InChI is InChI=1S/C16H21NO4/c18-15(17-13-9-8-12(11-13)16(19)20)7-4-10-21-14-5-2-1-3-6-14/h1-3,5-6,12-13H,4,7-11H2,(H,17,18)(H,19,20)/t12-,13+/m0/s1. The third-order valence-electron chi connectivity index (χ3n) is 3.71. The highest BCUT2D eigenvalue weighted by Gasteiger charge is 2.30. The number of para-hydroxylation sites is 1. The van der Waals surface area contributed by atoms with Crippen LogP contribution in [0.25, 0.3) is 0 Å². The monoisotopic (exact) mass is 291 g/mol. The number of nitrogens with one attached hydrogen (secondary N) is 1. The van der Waals surface area contributed by atoms with Crippen LogP contribution < -0.4 is 10.1 Å². The van der Waals surface area contributed by atoms with Gasteiger partial charge in [0.25, 0.3) is 0 Å². The van der Waals surface area contributed by atoms with Crippen LogP contribution in [-0.2, 0) is 9.59 Å². The molecule has 0 heterocycles. The Bertz CT molecular complexity index is 474. The topological polar surface area (TPSA) is 75.6 Å². The molecule has 0 saturated heterocycles. The third kappa shape index (κ3) is 5.10. The van der Waals surface area contributed by atoms with Gasteiger partial charge < -0.3 is 15.2 Å². The number of hydrogen-bond acceptors (Lipinski definition) is 3. The van der Waals surface area contributed by atoms with Crippen molar-refractivity contribution < 1.29 is 19.4 Å². The van der Waals surface area contributed by atoms with E-state index in [1.165, 1.54) is 0 Å². The summed E-state index contributed by atoms with van der Waals surface area (Å²) in [7, 11) is 0. The zero-order chi connectivity index (χ0) is 15.1. The maximum Gasteiger partial charge on any atom is 0.306 e. The van der Waals surface area contributed by atoms with Crippen LogP contribution in [0.4, 0.5) is 0 Å². The lowest BCUT2D eigenvalue weighted by Gasteiger charge is -2.12. The van der Waals surface area contributed by atoms with E-state index in [4.69, 9.17) is 9.84 Å². The number of ether oxygens (including phenoxy) is 1. The summed E-state index contributed by atoms with van der Waals surface area (Å²) < 4.78 is 5.52. The van der Waals surface area contributed by atoms with E-state index in [1.54, 1.807) is 0 Å². The van der Waals surface area contributed by atoms with Crippen molar-refractivity contribution in [3.8, 4) is 5.75 Å². The number of benzene rings is 1. The van der Waals surface area contributed by atoms with Crippen LogP contribution in [0, 0.1) is 5.92 Å². The Morgan fingerprint density at radius 2 is 2.00 bits per heavy atom. The van der Waals surface area contributed by atoms with Gasteiger partial charge in [-0.2, -0.15) is 0 Å². The molecule has 5 heteroatoms. The van der Waals surface area contributed by atoms with Gasteiger partial charge >= 0.3 is 5.97 Å². The largest absolute Gasteiger partial charge is 0.494 e. The molecule has 0 aliphatic heterocycles. The van der Waals surface area contributed by atoms with E-state index in [9.17, 15) is 9.59 Å². The molecule has 114 valence electrons. The number of carbonyl (C=O) groups is 2. The van der Waals surface area contributed by atoms with E-state index < -0.39 is 5.97 Å². The Balaban J connectivity index is 1.59. The second-order valence-electron chi connectivity index (χ2n) is 5.38. The molecule has 1 aromatic carbocycles. The number of rotatable bonds is 7. The highest BCUT2D eigenvalue weighted by atomic mass is 16.5. The Hall–Kier alpha value is -2.04. The van der Waals surface area contributed by atoms with Crippen molar-refractivity contribution in [2.45, 2.75) is 38.1 Å². The summed E-state index contributed by atoms with van der Waals surface area (Å²) >= 11 is 0. The Kier molecular flexibility index (Phi) is 5.60. The molecule has 2 rings (SSSR count). The molecular formula is C16H21NO4. The van der Waals surface area contributed by atoms with Gasteiger partial charge in [-0.25, -0.2) is 0 Å². The van der Waals surface area contributed by atoms with Crippen LogP contribution >= 0.6 is 0 Å². The quantitative estimate of drug-likeness (QED) is 0.755. The Labute approximate surface area is 124 Å². The molecule has 1 saturated carbocycles. The fourth-order valence-corrected chi connectivity index (χ4v) is 2.58. The molecule has 1 aliphatic carbocycles.